The highest BCUT2D eigenvalue weighted by molar-refractivity contribution is 7.89. The molecule has 0 spiro atoms. The average Bonchev–Trinajstić information content (AvgIpc) is 3.08. The number of carbonyl (C=O) groups excluding carboxylic acids is 2. The summed E-state index contributed by atoms with van der Waals surface area (Å²) in [4.78, 5) is 32.0. The second-order valence-electron chi connectivity index (χ2n) is 13.3. The van der Waals surface area contributed by atoms with E-state index >= 15 is 0 Å². The first-order valence-corrected chi connectivity index (χ1v) is 17.7. The topological polar surface area (TPSA) is 163 Å². The summed E-state index contributed by atoms with van der Waals surface area (Å²) in [6.45, 7) is 7.37. The molecule has 1 fully saturated rings. The number of oxime groups is 1. The summed E-state index contributed by atoms with van der Waals surface area (Å²) >= 11 is 0. The van der Waals surface area contributed by atoms with Crippen LogP contribution in [0.5, 0.6) is 0 Å². The largest absolute Gasteiger partial charge is 0.397 e. The van der Waals surface area contributed by atoms with Crippen molar-refractivity contribution in [2.75, 3.05) is 20.2 Å². The van der Waals surface area contributed by atoms with Crippen molar-refractivity contribution >= 4 is 27.7 Å². The number of nitrogens with two attached hydrogens (primary N) is 1. The van der Waals surface area contributed by atoms with Gasteiger partial charge in [-0.3, -0.25) is 14.8 Å². The number of likely N-dealkylation sites (tertiary alicyclic amines) is 1. The number of benzene rings is 3. The van der Waals surface area contributed by atoms with E-state index in [2.05, 4.69) is 42.8 Å². The van der Waals surface area contributed by atoms with E-state index in [0.717, 1.165) is 30.4 Å². The van der Waals surface area contributed by atoms with Crippen LogP contribution in [0.15, 0.2) is 82.8 Å². The van der Waals surface area contributed by atoms with E-state index in [1.807, 2.05) is 24.3 Å². The number of amides is 2. The minimum Gasteiger partial charge on any atom is -0.397 e. The van der Waals surface area contributed by atoms with Gasteiger partial charge in [0.05, 0.1) is 4.90 Å². The van der Waals surface area contributed by atoms with Gasteiger partial charge in [0.1, 0.15) is 13.2 Å². The van der Waals surface area contributed by atoms with Gasteiger partial charge in [-0.1, -0.05) is 80.5 Å². The molecule has 258 valence electrons. The fourth-order valence-electron chi connectivity index (χ4n) is 5.95. The molecule has 3 aromatic rings. The molecule has 1 heterocycles. The van der Waals surface area contributed by atoms with Crippen molar-refractivity contribution in [2.45, 2.75) is 75.6 Å². The van der Waals surface area contributed by atoms with Crippen LogP contribution in [0.25, 0.3) is 11.1 Å². The molecule has 4 rings (SSSR count). The van der Waals surface area contributed by atoms with Gasteiger partial charge in [0, 0.05) is 25.1 Å². The molecule has 2 amide bonds. The first kappa shape index (κ1) is 36.6. The molecule has 0 unspecified atom stereocenters. The fraction of sp³-hybridized carbons (Fsp3) is 0.417. The third-order valence-corrected chi connectivity index (χ3v) is 10.2. The maximum absolute atomic E-state index is 14.0. The van der Waals surface area contributed by atoms with Gasteiger partial charge in [-0.15, -0.1) is 0 Å². The molecule has 11 nitrogen and oxygen atoms in total. The van der Waals surface area contributed by atoms with Crippen molar-refractivity contribution in [2.24, 2.45) is 16.8 Å². The van der Waals surface area contributed by atoms with E-state index in [4.69, 9.17) is 15.8 Å². The maximum atomic E-state index is 14.0. The van der Waals surface area contributed by atoms with Gasteiger partial charge < -0.3 is 15.5 Å². The Morgan fingerprint density at radius 2 is 1.71 bits per heavy atom. The van der Waals surface area contributed by atoms with Crippen LogP contribution in [0.4, 0.5) is 0 Å². The molecule has 48 heavy (non-hydrogen) atoms. The predicted octanol–water partition coefficient (Wildman–Crippen LogP) is 4.72. The van der Waals surface area contributed by atoms with Crippen molar-refractivity contribution in [1.82, 2.24) is 15.1 Å². The lowest BCUT2D eigenvalue weighted by molar-refractivity contribution is -0.134. The fourth-order valence-corrected chi connectivity index (χ4v) is 7.19. The van der Waals surface area contributed by atoms with Crippen LogP contribution >= 0.6 is 0 Å². The van der Waals surface area contributed by atoms with Crippen LogP contribution in [0.3, 0.4) is 0 Å². The predicted molar refractivity (Wildman–Crippen MR) is 186 cm³/mol. The van der Waals surface area contributed by atoms with E-state index in [1.165, 1.54) is 18.7 Å². The molecule has 12 heteroatoms. The van der Waals surface area contributed by atoms with Crippen LogP contribution in [0.1, 0.15) is 69.6 Å². The maximum Gasteiger partial charge on any atom is 0.243 e. The highest BCUT2D eigenvalue weighted by Gasteiger charge is 2.32. The number of amidine groups is 1. The Kier molecular flexibility index (Phi) is 12.4. The van der Waals surface area contributed by atoms with Gasteiger partial charge in [0.2, 0.25) is 21.8 Å². The normalized spacial score (nSPS) is 15.2. The Morgan fingerprint density at radius 3 is 2.35 bits per heavy atom. The molecule has 3 aromatic carbocycles. The first-order valence-electron chi connectivity index (χ1n) is 16.2. The number of hydrogen-bond acceptors (Lipinski definition) is 7. The molecule has 0 aromatic heterocycles. The first-order chi connectivity index (χ1) is 22.8. The van der Waals surface area contributed by atoms with E-state index in [1.54, 1.807) is 40.7 Å². The number of nitrogens with one attached hydrogen (secondary N) is 2. The van der Waals surface area contributed by atoms with Crippen LogP contribution in [-0.4, -0.2) is 62.4 Å². The average molecular weight is 678 g/mol. The van der Waals surface area contributed by atoms with Crippen molar-refractivity contribution in [3.05, 3.63) is 89.5 Å². The Morgan fingerprint density at radius 1 is 1.02 bits per heavy atom. The van der Waals surface area contributed by atoms with Crippen molar-refractivity contribution < 1.29 is 28.1 Å². The summed E-state index contributed by atoms with van der Waals surface area (Å²) < 4.78 is 30.6. The third-order valence-electron chi connectivity index (χ3n) is 8.74. The molecular formula is C36H47N5O6S. The second-order valence-corrected chi connectivity index (χ2v) is 15.0. The second kappa shape index (κ2) is 16.2. The highest BCUT2D eigenvalue weighted by atomic mass is 32.2. The van der Waals surface area contributed by atoms with Crippen molar-refractivity contribution in [1.29, 1.82) is 0 Å². The van der Waals surface area contributed by atoms with Gasteiger partial charge >= 0.3 is 0 Å². The van der Waals surface area contributed by atoms with Gasteiger partial charge in [-0.2, -0.15) is 4.72 Å². The van der Waals surface area contributed by atoms with Crippen molar-refractivity contribution in [3.63, 3.8) is 0 Å². The summed E-state index contributed by atoms with van der Waals surface area (Å²) in [6.07, 6.45) is 3.25. The molecule has 1 aliphatic rings. The number of sulfonamides is 1. The van der Waals surface area contributed by atoms with Crippen LogP contribution in [0, 0.1) is 5.92 Å². The quantitative estimate of drug-likeness (QED) is 0.0880. The van der Waals surface area contributed by atoms with Crippen LogP contribution < -0.4 is 15.9 Å². The van der Waals surface area contributed by atoms with Crippen molar-refractivity contribution in [3.8, 4) is 11.1 Å². The number of hydroxylamine groups is 1. The van der Waals surface area contributed by atoms with Gasteiger partial charge in [0.25, 0.3) is 0 Å². The smallest absolute Gasteiger partial charge is 0.243 e. The lowest BCUT2D eigenvalue weighted by Crippen LogP contribution is -2.51. The Labute approximate surface area is 283 Å². The third kappa shape index (κ3) is 9.88. The summed E-state index contributed by atoms with van der Waals surface area (Å²) in [5, 5.41) is 12.5. The van der Waals surface area contributed by atoms with Crippen LogP contribution in [-0.2, 0) is 36.3 Å². The Balaban J connectivity index is 1.56. The standard InChI is InChI=1S/C36H47N5O6S/c1-36(2,3)30-16-14-27(15-17-30)28-10-7-12-31(24-28)48(45,46)40-32(23-26-9-5-11-29(22-26)34(37)39-47-4)35(43)41-20-18-25(19-21-41)8-6-13-33(42)38-44/h5,7,9-12,14-17,22,24-25,32,40,44H,6,8,13,18-21,23H2,1-4H3,(H2,37,39)(H,38,42)/t32-/m0/s1. The number of rotatable bonds is 13. The van der Waals surface area contributed by atoms with E-state index in [0.29, 0.717) is 36.6 Å². The Hall–Kier alpha value is -4.26. The number of hydrogen-bond donors (Lipinski definition) is 4. The molecule has 0 saturated carbocycles. The molecule has 1 aliphatic heterocycles. The molecule has 5 N–H and O–H groups in total. The molecule has 1 saturated heterocycles. The summed E-state index contributed by atoms with van der Waals surface area (Å²) in [7, 11) is -2.72. The molecule has 0 aliphatic carbocycles. The van der Waals surface area contributed by atoms with Gasteiger partial charge in [-0.25, -0.2) is 13.9 Å². The zero-order chi connectivity index (χ0) is 34.9. The highest BCUT2D eigenvalue weighted by Crippen LogP contribution is 2.28. The van der Waals surface area contributed by atoms with Gasteiger partial charge in [-0.05, 0) is 83.9 Å². The number of nitrogens with zero attached hydrogens (tertiary/aromatic N) is 2. The van der Waals surface area contributed by atoms with E-state index in [-0.39, 0.29) is 34.9 Å². The summed E-state index contributed by atoms with van der Waals surface area (Å²) in [6, 6.07) is 20.8. The van der Waals surface area contributed by atoms with Gasteiger partial charge in [0.15, 0.2) is 5.84 Å². The monoisotopic (exact) mass is 677 g/mol. The number of piperidine rings is 1. The zero-order valence-electron chi connectivity index (χ0n) is 28.1. The lowest BCUT2D eigenvalue weighted by Gasteiger charge is -2.34. The molecule has 0 radical (unpaired) electrons. The SMILES string of the molecule is CO/N=C(/N)c1cccc(C[C@H](NS(=O)(=O)c2cccc(-c3ccc(C(C)(C)C)cc3)c2)C(=O)N2CCC(CCCC(=O)NO)CC2)c1. The molecular weight excluding hydrogens is 630 g/mol. The minimum atomic E-state index is -4.12. The zero-order valence-corrected chi connectivity index (χ0v) is 28.9. The summed E-state index contributed by atoms with van der Waals surface area (Å²) in [5.41, 5.74) is 11.8. The van der Waals surface area contributed by atoms with E-state index in [9.17, 15) is 18.0 Å². The lowest BCUT2D eigenvalue weighted by atomic mass is 9.86. The van der Waals surface area contributed by atoms with E-state index < -0.39 is 22.0 Å². The minimum absolute atomic E-state index is 0.00920. The number of carbonyl (C=O) groups is 2. The molecule has 0 bridgehead atoms. The Bertz CT molecular complexity index is 1690. The van der Waals surface area contributed by atoms with Crippen LogP contribution in [0.2, 0.25) is 0 Å². The molecule has 1 atom stereocenters. The summed E-state index contributed by atoms with van der Waals surface area (Å²) in [5.74, 6) is -0.236.